The minimum atomic E-state index is -1.08. The molecule has 2 heterocycles. The molecule has 2 saturated heterocycles. The van der Waals surface area contributed by atoms with Crippen LogP contribution in [0, 0.1) is 11.6 Å². The van der Waals surface area contributed by atoms with Gasteiger partial charge >= 0.3 is 0 Å². The Bertz CT molecular complexity index is 889. The van der Waals surface area contributed by atoms with Gasteiger partial charge in [0.05, 0.1) is 5.66 Å². The van der Waals surface area contributed by atoms with Crippen LogP contribution in [0.15, 0.2) is 41.3 Å². The van der Waals surface area contributed by atoms with Gasteiger partial charge in [0, 0.05) is 40.6 Å². The van der Waals surface area contributed by atoms with Crippen molar-refractivity contribution in [3.63, 3.8) is 0 Å². The highest BCUT2D eigenvalue weighted by Crippen LogP contribution is 2.37. The highest BCUT2D eigenvalue weighted by atomic mass is 32.2. The van der Waals surface area contributed by atoms with Crippen LogP contribution in [0.3, 0.4) is 0 Å². The normalized spacial score (nSPS) is 24.3. The van der Waals surface area contributed by atoms with Crippen molar-refractivity contribution in [3.05, 3.63) is 53.6 Å². The zero-order valence-electron chi connectivity index (χ0n) is 17.1. The SMILES string of the molecule is CS(=O)c1ccc(-c2cc(F)c(CN3CCC[C@@]3(C)N3CCCC3)c(F)c2)cc1. The molecule has 0 spiro atoms. The molecule has 0 aliphatic carbocycles. The molecule has 2 fully saturated rings. The van der Waals surface area contributed by atoms with Crippen molar-refractivity contribution >= 4 is 10.8 Å². The van der Waals surface area contributed by atoms with Crippen LogP contribution in [0.25, 0.3) is 11.1 Å². The van der Waals surface area contributed by atoms with Gasteiger partial charge in [-0.1, -0.05) is 12.1 Å². The summed E-state index contributed by atoms with van der Waals surface area (Å²) in [6.45, 7) is 5.50. The van der Waals surface area contributed by atoms with Crippen molar-refractivity contribution < 1.29 is 13.0 Å². The van der Waals surface area contributed by atoms with Crippen LogP contribution in [0.5, 0.6) is 0 Å². The largest absolute Gasteiger partial charge is 0.286 e. The summed E-state index contributed by atoms with van der Waals surface area (Å²) in [7, 11) is -1.08. The van der Waals surface area contributed by atoms with Gasteiger partial charge in [-0.3, -0.25) is 14.0 Å². The second-order valence-electron chi connectivity index (χ2n) is 8.33. The van der Waals surface area contributed by atoms with Gasteiger partial charge < -0.3 is 0 Å². The molecule has 29 heavy (non-hydrogen) atoms. The Labute approximate surface area is 174 Å². The highest BCUT2D eigenvalue weighted by Gasteiger charge is 2.42. The Morgan fingerprint density at radius 3 is 2.17 bits per heavy atom. The molecule has 0 radical (unpaired) electrons. The van der Waals surface area contributed by atoms with Crippen molar-refractivity contribution in [2.24, 2.45) is 0 Å². The average molecular weight is 419 g/mol. The van der Waals surface area contributed by atoms with E-state index in [1.807, 2.05) is 0 Å². The van der Waals surface area contributed by atoms with Gasteiger partial charge in [-0.05, 0) is 81.1 Å². The second kappa shape index (κ2) is 8.25. The van der Waals surface area contributed by atoms with Crippen molar-refractivity contribution in [2.75, 3.05) is 25.9 Å². The van der Waals surface area contributed by atoms with Gasteiger partial charge in [-0.25, -0.2) is 8.78 Å². The maximum absolute atomic E-state index is 15.0. The first-order valence-electron chi connectivity index (χ1n) is 10.3. The number of nitrogens with zero attached hydrogens (tertiary/aromatic N) is 2. The van der Waals surface area contributed by atoms with Crippen LogP contribution >= 0.6 is 0 Å². The van der Waals surface area contributed by atoms with E-state index in [1.165, 1.54) is 25.0 Å². The number of hydrogen-bond donors (Lipinski definition) is 0. The average Bonchev–Trinajstić information content (AvgIpc) is 3.35. The lowest BCUT2D eigenvalue weighted by atomic mass is 10.0. The maximum Gasteiger partial charge on any atom is 0.131 e. The first-order valence-corrected chi connectivity index (χ1v) is 11.9. The molecule has 0 N–H and O–H groups in total. The summed E-state index contributed by atoms with van der Waals surface area (Å²) in [5, 5.41) is 0. The van der Waals surface area contributed by atoms with Crippen molar-refractivity contribution in [3.8, 4) is 11.1 Å². The fourth-order valence-corrected chi connectivity index (χ4v) is 5.28. The van der Waals surface area contributed by atoms with Crippen molar-refractivity contribution in [1.29, 1.82) is 0 Å². The number of benzene rings is 2. The third-order valence-corrected chi connectivity index (χ3v) is 7.49. The van der Waals surface area contributed by atoms with E-state index >= 15 is 0 Å². The molecule has 2 aromatic carbocycles. The molecule has 6 heteroatoms. The van der Waals surface area contributed by atoms with E-state index in [2.05, 4.69) is 16.7 Å². The van der Waals surface area contributed by atoms with Gasteiger partial charge in [-0.2, -0.15) is 0 Å². The molecular weight excluding hydrogens is 390 g/mol. The van der Waals surface area contributed by atoms with E-state index in [-0.39, 0.29) is 11.2 Å². The molecule has 0 saturated carbocycles. The first kappa shape index (κ1) is 20.6. The molecule has 2 aliphatic rings. The van der Waals surface area contributed by atoms with Gasteiger partial charge in [0.15, 0.2) is 0 Å². The third-order valence-electron chi connectivity index (χ3n) is 6.56. The van der Waals surface area contributed by atoms with Crippen molar-refractivity contribution in [2.45, 2.75) is 49.7 Å². The number of halogens is 2. The summed E-state index contributed by atoms with van der Waals surface area (Å²) in [4.78, 5) is 5.41. The summed E-state index contributed by atoms with van der Waals surface area (Å²) in [5.74, 6) is -1.00. The zero-order valence-corrected chi connectivity index (χ0v) is 17.9. The summed E-state index contributed by atoms with van der Waals surface area (Å²) in [6, 6.07) is 9.83. The molecule has 3 nitrogen and oxygen atoms in total. The van der Waals surface area contributed by atoms with E-state index in [0.29, 0.717) is 22.6 Å². The Morgan fingerprint density at radius 2 is 1.59 bits per heavy atom. The topological polar surface area (TPSA) is 23.6 Å². The highest BCUT2D eigenvalue weighted by molar-refractivity contribution is 7.84. The van der Waals surface area contributed by atoms with Crippen LogP contribution in [0.1, 0.15) is 38.2 Å². The fraction of sp³-hybridized carbons (Fsp3) is 0.478. The Kier molecular flexibility index (Phi) is 5.87. The Hall–Kier alpha value is -1.63. The molecule has 1 unspecified atom stereocenters. The molecule has 0 amide bonds. The molecule has 0 bridgehead atoms. The van der Waals surface area contributed by atoms with Gasteiger partial charge in [-0.15, -0.1) is 0 Å². The quantitative estimate of drug-likeness (QED) is 0.698. The van der Waals surface area contributed by atoms with Crippen LogP contribution in [0.4, 0.5) is 8.78 Å². The zero-order chi connectivity index (χ0) is 20.6. The number of rotatable bonds is 5. The van der Waals surface area contributed by atoms with E-state index in [1.54, 1.807) is 30.5 Å². The molecule has 4 rings (SSSR count). The molecule has 2 aliphatic heterocycles. The summed E-state index contributed by atoms with van der Waals surface area (Å²) >= 11 is 0. The standard InChI is InChI=1S/C23H28F2N2OS/c1-23(26-11-3-4-12-26)10-5-13-27(23)16-20-21(24)14-18(15-22(20)25)17-6-8-19(9-7-17)29(2)28/h6-9,14-15H,3-5,10-13,16H2,1-2H3/t23-,29?/m0/s1. The van der Waals surface area contributed by atoms with Gasteiger partial charge in [0.2, 0.25) is 0 Å². The lowest BCUT2D eigenvalue weighted by Crippen LogP contribution is -2.53. The Morgan fingerprint density at radius 1 is 0.966 bits per heavy atom. The minimum absolute atomic E-state index is 0.111. The van der Waals surface area contributed by atoms with E-state index in [9.17, 15) is 13.0 Å². The summed E-state index contributed by atoms with van der Waals surface area (Å²) in [5.41, 5.74) is 1.25. The van der Waals surface area contributed by atoms with Crippen LogP contribution in [-0.4, -0.2) is 45.6 Å². The second-order valence-corrected chi connectivity index (χ2v) is 9.71. The molecule has 2 aromatic rings. The van der Waals surface area contributed by atoms with Crippen LogP contribution < -0.4 is 0 Å². The molecule has 156 valence electrons. The van der Waals surface area contributed by atoms with Gasteiger partial charge in [0.25, 0.3) is 0 Å². The van der Waals surface area contributed by atoms with Crippen molar-refractivity contribution in [1.82, 2.24) is 9.80 Å². The Balaban J connectivity index is 1.58. The predicted molar refractivity (Wildman–Crippen MR) is 113 cm³/mol. The monoisotopic (exact) mass is 418 g/mol. The van der Waals surface area contributed by atoms with Crippen LogP contribution in [0.2, 0.25) is 0 Å². The molecule has 0 aromatic heterocycles. The molecular formula is C23H28F2N2OS. The van der Waals surface area contributed by atoms with E-state index < -0.39 is 22.4 Å². The lowest BCUT2D eigenvalue weighted by molar-refractivity contribution is -0.00700. The van der Waals surface area contributed by atoms with E-state index in [4.69, 9.17) is 0 Å². The van der Waals surface area contributed by atoms with E-state index in [0.717, 1.165) is 32.5 Å². The number of likely N-dealkylation sites (tertiary alicyclic amines) is 2. The number of hydrogen-bond acceptors (Lipinski definition) is 3. The minimum Gasteiger partial charge on any atom is -0.286 e. The third kappa shape index (κ3) is 4.03. The predicted octanol–water partition coefficient (Wildman–Crippen LogP) is 4.78. The smallest absolute Gasteiger partial charge is 0.131 e. The van der Waals surface area contributed by atoms with Gasteiger partial charge in [0.1, 0.15) is 11.6 Å². The molecule has 2 atom stereocenters. The summed E-state index contributed by atoms with van der Waals surface area (Å²) < 4.78 is 41.5. The van der Waals surface area contributed by atoms with Crippen LogP contribution in [-0.2, 0) is 17.3 Å². The maximum atomic E-state index is 15.0. The fourth-order valence-electron chi connectivity index (χ4n) is 4.76. The first-order chi connectivity index (χ1) is 13.9. The lowest BCUT2D eigenvalue weighted by Gasteiger charge is -2.43. The summed E-state index contributed by atoms with van der Waals surface area (Å²) in [6.07, 6.45) is 6.10.